The Morgan fingerprint density at radius 3 is 1.04 bits per heavy atom. The number of phenolic OH excluding ortho intramolecular Hbond substituents is 4. The molecule has 0 saturated carbocycles. The van der Waals surface area contributed by atoms with E-state index >= 15 is 0 Å². The van der Waals surface area contributed by atoms with E-state index in [9.17, 15) is 72.3 Å². The van der Waals surface area contributed by atoms with E-state index in [1.807, 2.05) is 0 Å². The first-order valence-electron chi connectivity index (χ1n) is 11.7. The summed E-state index contributed by atoms with van der Waals surface area (Å²) in [5.41, 5.74) is -4.16. The first-order valence-corrected chi connectivity index (χ1v) is 18.2. The van der Waals surface area contributed by atoms with Crippen molar-refractivity contribution in [2.24, 2.45) is 20.5 Å². The summed E-state index contributed by atoms with van der Waals surface area (Å²) in [4.78, 5) is -4.99. The molecule has 4 rings (SSSR count). The van der Waals surface area contributed by atoms with Gasteiger partial charge in [0.2, 0.25) is 0 Å². The van der Waals surface area contributed by atoms with Gasteiger partial charge in [-0.05, 0) is 41.8 Å². The van der Waals surface area contributed by atoms with Crippen molar-refractivity contribution in [1.29, 1.82) is 0 Å². The van der Waals surface area contributed by atoms with Crippen molar-refractivity contribution in [3.8, 4) is 23.0 Å². The van der Waals surface area contributed by atoms with Gasteiger partial charge in [-0.3, -0.25) is 18.2 Å². The maximum atomic E-state index is 12.2. The molecule has 20 nitrogen and oxygen atoms in total. The average molecular weight is 813 g/mol. The predicted octanol–water partition coefficient (Wildman–Crippen LogP) is 4.41. The van der Waals surface area contributed by atoms with Gasteiger partial charge in [0, 0.05) is 39.6 Å². The van der Waals surface area contributed by atoms with Crippen molar-refractivity contribution in [1.82, 2.24) is 0 Å². The zero-order chi connectivity index (χ0) is 36.3. The third-order valence-electron chi connectivity index (χ3n) is 5.92. The maximum Gasteiger partial charge on any atom is 0.298 e. The number of phenols is 4. The van der Waals surface area contributed by atoms with E-state index in [4.69, 9.17) is 23.2 Å². The van der Waals surface area contributed by atoms with Gasteiger partial charge < -0.3 is 20.4 Å². The number of aromatic hydroxyl groups is 4. The molecule has 0 aromatic heterocycles. The summed E-state index contributed by atoms with van der Waals surface area (Å²) in [5.74, 6) is -5.33. The minimum atomic E-state index is -5.43. The number of rotatable bonds is 8. The minimum absolute atomic E-state index is 0. The molecule has 0 spiro atoms. The second-order valence-corrected chi connectivity index (χ2v) is 15.5. The van der Waals surface area contributed by atoms with Crippen molar-refractivity contribution in [2.75, 3.05) is 0 Å². The van der Waals surface area contributed by atoms with Crippen LogP contribution in [0.25, 0.3) is 10.8 Å². The topological polar surface area (TPSA) is 348 Å². The summed E-state index contributed by atoms with van der Waals surface area (Å²) >= 11 is 11.6. The molecule has 4 aromatic rings. The van der Waals surface area contributed by atoms with Gasteiger partial charge in [-0.25, -0.2) is 0 Å². The molecule has 0 saturated heterocycles. The molecular weight excluding hydrogens is 798 g/mol. The number of fused-ring (bicyclic) bond motifs is 1. The largest absolute Gasteiger partial charge is 0.505 e. The fraction of sp³-hybridized carbons (Fsp3) is 0. The number of hydrogen-bond donors (Lipinski definition) is 8. The summed E-state index contributed by atoms with van der Waals surface area (Å²) in [5, 5.41) is 53.5. The van der Waals surface area contributed by atoms with Crippen molar-refractivity contribution >= 4 is 127 Å². The van der Waals surface area contributed by atoms with E-state index in [0.717, 1.165) is 12.1 Å². The Balaban J connectivity index is 0.00000650. The summed E-state index contributed by atoms with van der Waals surface area (Å²) < 4.78 is 133. The predicted molar refractivity (Wildman–Crippen MR) is 167 cm³/mol. The second-order valence-electron chi connectivity index (χ2n) is 9.09. The maximum absolute atomic E-state index is 12.2. The third kappa shape index (κ3) is 8.39. The molecule has 0 atom stereocenters. The van der Waals surface area contributed by atoms with Crippen LogP contribution in [0.15, 0.2) is 76.4 Å². The molecule has 0 aliphatic heterocycles. The molecule has 0 fully saturated rings. The SMILES string of the molecule is O=S(=O)(O)c1cc(Cl)cc(N=Nc2c(S(=O)(=O)O)cc3cc(S(=O)(=O)O)c(N=Nc4cc(Cl)cc(S(=O)(=O)O)c4O)c(O)c3c2O)c1O.[Na]. The van der Waals surface area contributed by atoms with E-state index in [-0.39, 0.29) is 29.6 Å². The third-order valence-corrected chi connectivity index (χ3v) is 9.82. The fourth-order valence-corrected chi connectivity index (χ4v) is 7.04. The van der Waals surface area contributed by atoms with Crippen LogP contribution in [0.4, 0.5) is 22.7 Å². The number of hydrogen-bond acceptors (Lipinski definition) is 16. The Morgan fingerprint density at radius 2 is 0.755 bits per heavy atom. The van der Waals surface area contributed by atoms with E-state index in [1.54, 1.807) is 0 Å². The normalized spacial score (nSPS) is 12.9. The average Bonchev–Trinajstić information content (AvgIpc) is 2.92. The molecule has 0 unspecified atom stereocenters. The smallest absolute Gasteiger partial charge is 0.298 e. The number of benzene rings is 4. The molecule has 0 bridgehead atoms. The van der Waals surface area contributed by atoms with E-state index in [2.05, 4.69) is 20.5 Å². The van der Waals surface area contributed by atoms with Crippen LogP contribution >= 0.6 is 23.2 Å². The Bertz CT molecular complexity index is 2410. The van der Waals surface area contributed by atoms with Crippen LogP contribution in [0.3, 0.4) is 0 Å². The monoisotopic (exact) mass is 811 g/mol. The quantitative estimate of drug-likeness (QED) is 0.0694. The van der Waals surface area contributed by atoms with Crippen molar-refractivity contribution < 1.29 is 72.3 Å². The van der Waals surface area contributed by atoms with Crippen LogP contribution in [0, 0.1) is 0 Å². The molecule has 0 aliphatic rings. The van der Waals surface area contributed by atoms with Gasteiger partial charge in [0.25, 0.3) is 40.5 Å². The van der Waals surface area contributed by atoms with E-state index in [1.165, 1.54) is 0 Å². The number of halogens is 2. The number of azo groups is 2. The van der Waals surface area contributed by atoms with Gasteiger partial charge in [0.05, 0.1) is 5.39 Å². The summed E-state index contributed by atoms with van der Waals surface area (Å²) in [6.07, 6.45) is 0. The van der Waals surface area contributed by atoms with Gasteiger partial charge in [0.1, 0.15) is 42.3 Å². The summed E-state index contributed by atoms with van der Waals surface area (Å²) in [6, 6.07) is 3.61. The van der Waals surface area contributed by atoms with Crippen molar-refractivity contribution in [3.05, 3.63) is 46.4 Å². The molecule has 257 valence electrons. The molecule has 4 aromatic carbocycles. The van der Waals surface area contributed by atoms with Crippen LogP contribution in [0.1, 0.15) is 0 Å². The van der Waals surface area contributed by atoms with Gasteiger partial charge in [-0.15, -0.1) is 20.5 Å². The van der Waals surface area contributed by atoms with Crippen LogP contribution in [0.2, 0.25) is 10.0 Å². The van der Waals surface area contributed by atoms with Crippen LogP contribution in [0.5, 0.6) is 23.0 Å². The zero-order valence-corrected chi connectivity index (χ0v) is 30.3. The second kappa shape index (κ2) is 13.8. The molecule has 0 heterocycles. The fourth-order valence-electron chi connectivity index (χ4n) is 3.92. The minimum Gasteiger partial charge on any atom is -0.505 e. The molecule has 1 radical (unpaired) electrons. The summed E-state index contributed by atoms with van der Waals surface area (Å²) in [7, 11) is -21.1. The van der Waals surface area contributed by atoms with Gasteiger partial charge in [-0.2, -0.15) is 33.7 Å². The summed E-state index contributed by atoms with van der Waals surface area (Å²) in [6.45, 7) is 0. The Morgan fingerprint density at radius 1 is 0.449 bits per heavy atom. The van der Waals surface area contributed by atoms with Crippen molar-refractivity contribution in [2.45, 2.75) is 19.6 Å². The van der Waals surface area contributed by atoms with Crippen LogP contribution in [-0.2, 0) is 40.5 Å². The van der Waals surface area contributed by atoms with Gasteiger partial charge >= 0.3 is 0 Å². The van der Waals surface area contributed by atoms with E-state index < -0.39 is 127 Å². The standard InChI is InChI=1S/C22H14Cl2N4O16S4.Na/c23-8-3-10(19(29)14(5-8)47(39,40)41)25-27-17-12(45(33,34)35)1-7-2-13(46(36,37)38)18(22(32)16(7)21(17)31)28-26-11-4-9(24)6-15(20(11)30)48(42,43)44;/h1-6,29-32H,(H,33,34,35)(H,36,37,38)(H,39,40,41)(H,42,43,44);. The van der Waals surface area contributed by atoms with Crippen LogP contribution in [-0.4, -0.2) is 102 Å². The van der Waals surface area contributed by atoms with E-state index in [0.29, 0.717) is 24.3 Å². The van der Waals surface area contributed by atoms with Gasteiger partial charge in [-0.1, -0.05) is 23.2 Å². The van der Waals surface area contributed by atoms with Crippen LogP contribution < -0.4 is 0 Å². The molecule has 0 amide bonds. The first kappa shape index (κ1) is 40.2. The first-order chi connectivity index (χ1) is 21.8. The number of nitrogens with zero attached hydrogens (tertiary/aromatic N) is 4. The Labute approximate surface area is 306 Å². The van der Waals surface area contributed by atoms with Gasteiger partial charge in [0.15, 0.2) is 23.0 Å². The Hall–Kier alpha value is -3.24. The molecule has 27 heteroatoms. The zero-order valence-electron chi connectivity index (χ0n) is 23.5. The molecule has 0 aliphatic carbocycles. The molecule has 49 heavy (non-hydrogen) atoms. The Kier molecular flexibility index (Phi) is 11.3. The molecular formula is C22H14Cl2N4NaO16S4. The molecule has 8 N–H and O–H groups in total. The van der Waals surface area contributed by atoms with Crippen molar-refractivity contribution in [3.63, 3.8) is 0 Å².